The molecule has 2 fully saturated rings. The molecule has 196 valence electrons. The average molecular weight is 513 g/mol. The number of benzene rings is 2. The third-order valence-corrected chi connectivity index (χ3v) is 7.73. The van der Waals surface area contributed by atoms with Crippen LogP contribution in [0.25, 0.3) is 16.4 Å². The van der Waals surface area contributed by atoms with E-state index in [2.05, 4.69) is 28.2 Å². The van der Waals surface area contributed by atoms with E-state index in [9.17, 15) is 10.4 Å². The van der Waals surface area contributed by atoms with Crippen molar-refractivity contribution in [3.05, 3.63) is 53.9 Å². The van der Waals surface area contributed by atoms with Gasteiger partial charge in [0.25, 0.3) is 0 Å². The number of hydrogen-bond donors (Lipinski definition) is 2. The van der Waals surface area contributed by atoms with Crippen molar-refractivity contribution < 1.29 is 9.84 Å². The molecule has 2 aliphatic heterocycles. The highest BCUT2D eigenvalue weighted by atomic mass is 16.5. The first-order valence-corrected chi connectivity index (χ1v) is 13.2. The van der Waals surface area contributed by atoms with Crippen LogP contribution in [-0.4, -0.2) is 81.5 Å². The number of rotatable bonds is 7. The van der Waals surface area contributed by atoms with E-state index in [1.165, 1.54) is 6.42 Å². The summed E-state index contributed by atoms with van der Waals surface area (Å²) < 4.78 is 8.04. The number of hydrogen-bond acceptors (Lipinski definition) is 9. The van der Waals surface area contributed by atoms with Crippen LogP contribution in [0, 0.1) is 11.3 Å². The van der Waals surface area contributed by atoms with Gasteiger partial charge in [0.05, 0.1) is 24.4 Å². The maximum absolute atomic E-state index is 10.3. The fourth-order valence-electron chi connectivity index (χ4n) is 5.61. The zero-order valence-corrected chi connectivity index (χ0v) is 21.5. The lowest BCUT2D eigenvalue weighted by Gasteiger charge is -2.33. The van der Waals surface area contributed by atoms with Crippen molar-refractivity contribution in [2.45, 2.75) is 37.8 Å². The Morgan fingerprint density at radius 1 is 1.18 bits per heavy atom. The number of aromatic nitrogens is 4. The van der Waals surface area contributed by atoms with Crippen LogP contribution in [-0.2, 0) is 6.42 Å². The van der Waals surface area contributed by atoms with Gasteiger partial charge in [-0.05, 0) is 43.5 Å². The number of aromatic hydroxyl groups is 1. The summed E-state index contributed by atoms with van der Waals surface area (Å²) in [6.07, 6.45) is 5.13. The second-order valence-corrected chi connectivity index (χ2v) is 10.2. The monoisotopic (exact) mass is 512 g/mol. The minimum Gasteiger partial charge on any atom is -0.507 e. The highest BCUT2D eigenvalue weighted by Crippen LogP contribution is 2.30. The van der Waals surface area contributed by atoms with E-state index in [4.69, 9.17) is 19.8 Å². The van der Waals surface area contributed by atoms with Crippen LogP contribution in [0.4, 0.5) is 5.82 Å². The molecule has 2 aromatic heterocycles. The molecule has 10 heteroatoms. The van der Waals surface area contributed by atoms with Gasteiger partial charge < -0.3 is 25.0 Å². The summed E-state index contributed by atoms with van der Waals surface area (Å²) in [7, 11) is 2.13. The van der Waals surface area contributed by atoms with Gasteiger partial charge in [0.2, 0.25) is 0 Å². The number of nitrogens with one attached hydrogen (secondary N) is 1. The van der Waals surface area contributed by atoms with Gasteiger partial charge in [0.15, 0.2) is 11.5 Å². The van der Waals surface area contributed by atoms with Crippen LogP contribution in [0.3, 0.4) is 0 Å². The van der Waals surface area contributed by atoms with Crippen LogP contribution in [0.1, 0.15) is 30.5 Å². The molecule has 6 rings (SSSR count). The molecule has 0 saturated carbocycles. The van der Waals surface area contributed by atoms with Crippen molar-refractivity contribution in [2.24, 2.45) is 0 Å². The van der Waals surface area contributed by atoms with Gasteiger partial charge in [-0.3, -0.25) is 0 Å². The molecule has 10 nitrogen and oxygen atoms in total. The molecule has 2 N–H and O–H groups in total. The summed E-state index contributed by atoms with van der Waals surface area (Å²) >= 11 is 0. The molecule has 0 bridgehead atoms. The Hall–Kier alpha value is -3.94. The Morgan fingerprint density at radius 3 is 2.87 bits per heavy atom. The van der Waals surface area contributed by atoms with Gasteiger partial charge in [-0.1, -0.05) is 30.3 Å². The number of piperazine rings is 1. The lowest BCUT2D eigenvalue weighted by Crippen LogP contribution is -2.51. The van der Waals surface area contributed by atoms with Crippen molar-refractivity contribution in [3.8, 4) is 17.8 Å². The summed E-state index contributed by atoms with van der Waals surface area (Å²) in [5.74, 6) is 0.992. The molecule has 0 spiro atoms. The summed E-state index contributed by atoms with van der Waals surface area (Å²) in [5, 5.41) is 29.6. The number of nitrogens with zero attached hydrogens (tertiary/aromatic N) is 7. The second-order valence-electron chi connectivity index (χ2n) is 10.2. The number of likely N-dealkylation sites (tertiary alicyclic amines) is 1. The highest BCUT2D eigenvalue weighted by Gasteiger charge is 2.26. The Kier molecular flexibility index (Phi) is 6.70. The van der Waals surface area contributed by atoms with Gasteiger partial charge in [-0.25, -0.2) is 9.50 Å². The molecule has 0 unspecified atom stereocenters. The van der Waals surface area contributed by atoms with Crippen molar-refractivity contribution in [3.63, 3.8) is 0 Å². The van der Waals surface area contributed by atoms with E-state index in [0.29, 0.717) is 43.7 Å². The zero-order valence-electron chi connectivity index (χ0n) is 21.5. The van der Waals surface area contributed by atoms with Gasteiger partial charge in [-0.2, -0.15) is 10.2 Å². The largest absolute Gasteiger partial charge is 0.507 e. The molecule has 2 saturated heterocycles. The van der Waals surface area contributed by atoms with Crippen LogP contribution >= 0.6 is 0 Å². The summed E-state index contributed by atoms with van der Waals surface area (Å²) in [6, 6.07) is 14.6. The molecular weight excluding hydrogens is 480 g/mol. The van der Waals surface area contributed by atoms with Crippen molar-refractivity contribution in [1.82, 2.24) is 29.8 Å². The number of phenolic OH excluding ortho intramolecular Hbond substituents is 1. The van der Waals surface area contributed by atoms with Gasteiger partial charge in [0.1, 0.15) is 12.4 Å². The third-order valence-electron chi connectivity index (χ3n) is 7.73. The SMILES string of the molecule is CN1CCC[C@H]1COc1nc(N2CCN[C@@H](CC#N)C2)c2ncc(Cc3ccc(O)c4ccccc34)n2n1. The topological polar surface area (TPSA) is 115 Å². The Balaban J connectivity index is 1.38. The Labute approximate surface area is 221 Å². The molecular formula is C28H32N8O2. The van der Waals surface area contributed by atoms with Crippen LogP contribution in [0.15, 0.2) is 42.6 Å². The number of phenols is 1. The maximum Gasteiger partial charge on any atom is 0.336 e. The quantitative estimate of drug-likeness (QED) is 0.386. The normalized spacial score (nSPS) is 20.3. The third kappa shape index (κ3) is 4.71. The standard InChI is InChI=1S/C28H32N8O2/c1-34-13-4-5-21(34)18-38-28-32-27(35-14-12-30-20(17-35)10-11-29)26-31-16-22(36(26)33-28)15-19-8-9-25(37)24-7-3-2-6-23(19)24/h2-3,6-9,16,20-21,30,37H,4-5,10,12-15,17-18H2,1H3/t20-,21-/m0/s1. The fourth-order valence-corrected chi connectivity index (χ4v) is 5.61. The first-order valence-electron chi connectivity index (χ1n) is 13.2. The number of fused-ring (bicyclic) bond motifs is 2. The summed E-state index contributed by atoms with van der Waals surface area (Å²) in [6.45, 7) is 3.79. The number of nitriles is 1. The molecule has 2 aromatic carbocycles. The summed E-state index contributed by atoms with van der Waals surface area (Å²) in [4.78, 5) is 14.1. The molecule has 4 aromatic rings. The fraction of sp³-hybridized carbons (Fsp3) is 0.429. The Morgan fingerprint density at radius 2 is 2.05 bits per heavy atom. The van der Waals surface area contributed by atoms with E-state index in [1.807, 2.05) is 41.0 Å². The minimum atomic E-state index is 0.0677. The zero-order chi connectivity index (χ0) is 26.1. The van der Waals surface area contributed by atoms with Crippen LogP contribution in [0.5, 0.6) is 11.8 Å². The molecule has 38 heavy (non-hydrogen) atoms. The van der Waals surface area contributed by atoms with E-state index in [0.717, 1.165) is 53.9 Å². The molecule has 0 amide bonds. The van der Waals surface area contributed by atoms with Crippen molar-refractivity contribution in [2.75, 3.05) is 44.7 Å². The molecule has 2 atom stereocenters. The molecule has 0 radical (unpaired) electrons. The lowest BCUT2D eigenvalue weighted by atomic mass is 10.0. The van der Waals surface area contributed by atoms with E-state index in [-0.39, 0.29) is 11.8 Å². The van der Waals surface area contributed by atoms with Gasteiger partial charge in [0, 0.05) is 43.5 Å². The predicted molar refractivity (Wildman–Crippen MR) is 145 cm³/mol. The summed E-state index contributed by atoms with van der Waals surface area (Å²) in [5.41, 5.74) is 2.66. The van der Waals surface area contributed by atoms with Gasteiger partial charge >= 0.3 is 6.01 Å². The first kappa shape index (κ1) is 24.4. The molecule has 4 heterocycles. The van der Waals surface area contributed by atoms with E-state index < -0.39 is 0 Å². The first-order chi connectivity index (χ1) is 18.6. The Bertz CT molecular complexity index is 1500. The number of anilines is 1. The van der Waals surface area contributed by atoms with Crippen molar-refractivity contribution >= 4 is 22.2 Å². The predicted octanol–water partition coefficient (Wildman–Crippen LogP) is 2.74. The number of likely N-dealkylation sites (N-methyl/N-ethyl adjacent to an activating group) is 1. The molecule has 0 aliphatic carbocycles. The average Bonchev–Trinajstić information content (AvgIpc) is 3.54. The van der Waals surface area contributed by atoms with Crippen LogP contribution < -0.4 is 15.0 Å². The van der Waals surface area contributed by atoms with Crippen molar-refractivity contribution in [1.29, 1.82) is 5.26 Å². The molecule has 2 aliphatic rings. The highest BCUT2D eigenvalue weighted by molar-refractivity contribution is 5.91. The number of ether oxygens (including phenoxy) is 1. The minimum absolute atomic E-state index is 0.0677. The van der Waals surface area contributed by atoms with Crippen LogP contribution in [0.2, 0.25) is 0 Å². The lowest BCUT2D eigenvalue weighted by molar-refractivity contribution is 0.185. The number of imidazole rings is 1. The van der Waals surface area contributed by atoms with E-state index >= 15 is 0 Å². The second kappa shape index (κ2) is 10.4. The maximum atomic E-state index is 10.3. The smallest absolute Gasteiger partial charge is 0.336 e. The van der Waals surface area contributed by atoms with E-state index in [1.54, 1.807) is 6.07 Å². The van der Waals surface area contributed by atoms with Gasteiger partial charge in [-0.15, -0.1) is 5.10 Å².